The molecule has 1 aromatic carbocycles. The first kappa shape index (κ1) is 17.4. The Bertz CT molecular complexity index is 338. The van der Waals surface area contributed by atoms with Crippen molar-refractivity contribution in [2.24, 2.45) is 0 Å². The maximum atomic E-state index is 5.95. The predicted molar refractivity (Wildman–Crippen MR) is 91.8 cm³/mol. The van der Waals surface area contributed by atoms with E-state index in [1.807, 2.05) is 18.2 Å². The molecule has 0 unspecified atom stereocenters. The van der Waals surface area contributed by atoms with Crippen LogP contribution in [0.15, 0.2) is 24.3 Å². The maximum Gasteiger partial charge on any atom is 0.0426 e. The van der Waals surface area contributed by atoms with Gasteiger partial charge in [0.2, 0.25) is 0 Å². The molecule has 0 saturated carbocycles. The standard InChI is InChI=1S/C18H30ClN/c1-2-3-4-5-6-7-8-9-10-11-15-20-18-14-12-13-17(19)16-18/h12-14,16,20H,2-11,15H2,1H3. The first-order chi connectivity index (χ1) is 9.83. The minimum absolute atomic E-state index is 0.804. The maximum absolute atomic E-state index is 5.95. The van der Waals surface area contributed by atoms with E-state index in [2.05, 4.69) is 18.3 Å². The number of halogens is 1. The lowest BCUT2D eigenvalue weighted by molar-refractivity contribution is 0.560. The Hall–Kier alpha value is -0.690. The third-order valence-corrected chi connectivity index (χ3v) is 3.92. The second kappa shape index (κ2) is 12.1. The summed E-state index contributed by atoms with van der Waals surface area (Å²) in [6, 6.07) is 7.95. The van der Waals surface area contributed by atoms with E-state index in [-0.39, 0.29) is 0 Å². The summed E-state index contributed by atoms with van der Waals surface area (Å²) in [5.41, 5.74) is 1.13. The molecule has 0 saturated heterocycles. The van der Waals surface area contributed by atoms with Gasteiger partial charge in [-0.2, -0.15) is 0 Å². The number of rotatable bonds is 12. The summed E-state index contributed by atoms with van der Waals surface area (Å²) in [6.07, 6.45) is 13.9. The molecule has 1 rings (SSSR count). The largest absolute Gasteiger partial charge is 0.385 e. The average Bonchev–Trinajstić information content (AvgIpc) is 2.45. The topological polar surface area (TPSA) is 12.0 Å². The Balaban J connectivity index is 1.85. The van der Waals surface area contributed by atoms with E-state index in [0.717, 1.165) is 17.3 Å². The van der Waals surface area contributed by atoms with E-state index in [0.29, 0.717) is 0 Å². The van der Waals surface area contributed by atoms with Gasteiger partial charge in [0.25, 0.3) is 0 Å². The Morgan fingerprint density at radius 1 is 0.850 bits per heavy atom. The number of nitrogens with one attached hydrogen (secondary N) is 1. The second-order valence-electron chi connectivity index (χ2n) is 5.62. The summed E-state index contributed by atoms with van der Waals surface area (Å²) < 4.78 is 0. The summed E-state index contributed by atoms with van der Waals surface area (Å²) in [5.74, 6) is 0. The molecule has 0 bridgehead atoms. The van der Waals surface area contributed by atoms with Crippen LogP contribution in [0.3, 0.4) is 0 Å². The highest BCUT2D eigenvalue weighted by Crippen LogP contribution is 2.15. The van der Waals surface area contributed by atoms with E-state index >= 15 is 0 Å². The van der Waals surface area contributed by atoms with Crippen molar-refractivity contribution in [2.45, 2.75) is 71.1 Å². The average molecular weight is 296 g/mol. The summed E-state index contributed by atoms with van der Waals surface area (Å²) in [6.45, 7) is 3.33. The van der Waals surface area contributed by atoms with Gasteiger partial charge in [0.05, 0.1) is 0 Å². The number of benzene rings is 1. The van der Waals surface area contributed by atoms with Gasteiger partial charge < -0.3 is 5.32 Å². The van der Waals surface area contributed by atoms with Crippen LogP contribution in [0.1, 0.15) is 71.1 Å². The van der Waals surface area contributed by atoms with Gasteiger partial charge in [-0.1, -0.05) is 82.4 Å². The molecule has 20 heavy (non-hydrogen) atoms. The van der Waals surface area contributed by atoms with Crippen LogP contribution in [0.2, 0.25) is 5.02 Å². The Morgan fingerprint density at radius 2 is 1.45 bits per heavy atom. The molecule has 0 spiro atoms. The van der Waals surface area contributed by atoms with E-state index in [4.69, 9.17) is 11.6 Å². The van der Waals surface area contributed by atoms with Crippen molar-refractivity contribution in [2.75, 3.05) is 11.9 Å². The van der Waals surface area contributed by atoms with Crippen LogP contribution in [0, 0.1) is 0 Å². The van der Waals surface area contributed by atoms with Crippen LogP contribution in [0.5, 0.6) is 0 Å². The van der Waals surface area contributed by atoms with Gasteiger partial charge >= 0.3 is 0 Å². The van der Waals surface area contributed by atoms with E-state index in [9.17, 15) is 0 Å². The highest BCUT2D eigenvalue weighted by atomic mass is 35.5. The minimum Gasteiger partial charge on any atom is -0.385 e. The van der Waals surface area contributed by atoms with Gasteiger partial charge in [-0.25, -0.2) is 0 Å². The third-order valence-electron chi connectivity index (χ3n) is 3.68. The fourth-order valence-corrected chi connectivity index (χ4v) is 2.63. The minimum atomic E-state index is 0.804. The van der Waals surface area contributed by atoms with Crippen molar-refractivity contribution in [3.05, 3.63) is 29.3 Å². The van der Waals surface area contributed by atoms with Crippen molar-refractivity contribution in [3.8, 4) is 0 Å². The first-order valence-corrected chi connectivity index (χ1v) is 8.70. The predicted octanol–water partition coefficient (Wildman–Crippen LogP) is 6.67. The number of anilines is 1. The molecule has 1 nitrogen and oxygen atoms in total. The molecule has 0 aliphatic rings. The molecule has 0 aliphatic heterocycles. The quantitative estimate of drug-likeness (QED) is 0.424. The molecule has 2 heteroatoms. The van der Waals surface area contributed by atoms with E-state index in [1.54, 1.807) is 0 Å². The van der Waals surface area contributed by atoms with Gasteiger partial charge in [0.15, 0.2) is 0 Å². The van der Waals surface area contributed by atoms with Gasteiger partial charge in [0, 0.05) is 17.3 Å². The molecule has 0 atom stereocenters. The second-order valence-corrected chi connectivity index (χ2v) is 6.06. The number of unbranched alkanes of at least 4 members (excludes halogenated alkanes) is 9. The van der Waals surface area contributed by atoms with E-state index < -0.39 is 0 Å². The lowest BCUT2D eigenvalue weighted by Gasteiger charge is -2.06. The van der Waals surface area contributed by atoms with Crippen LogP contribution in [-0.2, 0) is 0 Å². The van der Waals surface area contributed by atoms with Gasteiger partial charge in [0.1, 0.15) is 0 Å². The van der Waals surface area contributed by atoms with Gasteiger partial charge in [-0.3, -0.25) is 0 Å². The molecule has 0 aliphatic carbocycles. The molecule has 1 N–H and O–H groups in total. The smallest absolute Gasteiger partial charge is 0.0426 e. The van der Waals surface area contributed by atoms with Crippen molar-refractivity contribution < 1.29 is 0 Å². The SMILES string of the molecule is CCCCCCCCCCCCNc1cccc(Cl)c1. The summed E-state index contributed by atoms with van der Waals surface area (Å²) in [7, 11) is 0. The normalized spacial score (nSPS) is 10.7. The summed E-state index contributed by atoms with van der Waals surface area (Å²) in [5, 5.41) is 4.23. The lowest BCUT2D eigenvalue weighted by Crippen LogP contribution is -2.01. The molecule has 0 radical (unpaired) electrons. The molecular formula is C18H30ClN. The molecular weight excluding hydrogens is 266 g/mol. The monoisotopic (exact) mass is 295 g/mol. The van der Waals surface area contributed by atoms with Crippen molar-refractivity contribution in [1.29, 1.82) is 0 Å². The van der Waals surface area contributed by atoms with Crippen molar-refractivity contribution >= 4 is 17.3 Å². The molecule has 1 aromatic rings. The van der Waals surface area contributed by atoms with Crippen molar-refractivity contribution in [1.82, 2.24) is 0 Å². The Kier molecular flexibility index (Phi) is 10.5. The van der Waals surface area contributed by atoms with E-state index in [1.165, 1.54) is 64.2 Å². The van der Waals surface area contributed by atoms with Crippen LogP contribution < -0.4 is 5.32 Å². The molecule has 114 valence electrons. The molecule has 0 aromatic heterocycles. The summed E-state index contributed by atoms with van der Waals surface area (Å²) in [4.78, 5) is 0. The summed E-state index contributed by atoms with van der Waals surface area (Å²) >= 11 is 5.95. The molecule has 0 heterocycles. The first-order valence-electron chi connectivity index (χ1n) is 8.32. The molecule has 0 fully saturated rings. The fraction of sp³-hybridized carbons (Fsp3) is 0.667. The molecule has 0 amide bonds. The highest BCUT2D eigenvalue weighted by Gasteiger charge is 1.94. The zero-order chi connectivity index (χ0) is 14.5. The Labute approximate surface area is 130 Å². The zero-order valence-electron chi connectivity index (χ0n) is 13.0. The number of hydrogen-bond donors (Lipinski definition) is 1. The van der Waals surface area contributed by atoms with Gasteiger partial charge in [-0.05, 0) is 24.6 Å². The van der Waals surface area contributed by atoms with Gasteiger partial charge in [-0.15, -0.1) is 0 Å². The van der Waals surface area contributed by atoms with Crippen LogP contribution in [0.4, 0.5) is 5.69 Å². The highest BCUT2D eigenvalue weighted by molar-refractivity contribution is 6.30. The Morgan fingerprint density at radius 3 is 2.05 bits per heavy atom. The van der Waals surface area contributed by atoms with Crippen LogP contribution in [-0.4, -0.2) is 6.54 Å². The fourth-order valence-electron chi connectivity index (χ4n) is 2.44. The van der Waals surface area contributed by atoms with Crippen LogP contribution >= 0.6 is 11.6 Å². The third kappa shape index (κ3) is 9.25. The number of hydrogen-bond acceptors (Lipinski definition) is 1. The van der Waals surface area contributed by atoms with Crippen LogP contribution in [0.25, 0.3) is 0 Å². The lowest BCUT2D eigenvalue weighted by atomic mass is 10.1. The van der Waals surface area contributed by atoms with Crippen molar-refractivity contribution in [3.63, 3.8) is 0 Å². The zero-order valence-corrected chi connectivity index (χ0v) is 13.7.